The van der Waals surface area contributed by atoms with Crippen molar-refractivity contribution in [1.82, 2.24) is 19.4 Å². The molecule has 1 amide bonds. The van der Waals surface area contributed by atoms with Crippen molar-refractivity contribution in [2.75, 3.05) is 32.7 Å². The summed E-state index contributed by atoms with van der Waals surface area (Å²) in [7, 11) is 0. The number of nitro groups is 1. The second-order valence-electron chi connectivity index (χ2n) is 7.57. The minimum atomic E-state index is -4.41. The van der Waals surface area contributed by atoms with Crippen LogP contribution in [0.3, 0.4) is 0 Å². The number of amides is 1. The van der Waals surface area contributed by atoms with Crippen LogP contribution in [-0.2, 0) is 24.1 Å². The van der Waals surface area contributed by atoms with Gasteiger partial charge in [-0.3, -0.25) is 9.47 Å². The predicted octanol–water partition coefficient (Wildman–Crippen LogP) is 2.53. The fraction of sp³-hybridized carbons (Fsp3) is 0.474. The molecular formula is C19H20F3N5O5. The van der Waals surface area contributed by atoms with Gasteiger partial charge in [0, 0.05) is 37.7 Å². The molecule has 1 atom stereocenters. The van der Waals surface area contributed by atoms with Crippen molar-refractivity contribution >= 4 is 11.9 Å². The first-order valence-electron chi connectivity index (χ1n) is 9.87. The van der Waals surface area contributed by atoms with Crippen molar-refractivity contribution in [1.29, 1.82) is 0 Å². The van der Waals surface area contributed by atoms with E-state index < -0.39 is 22.8 Å². The van der Waals surface area contributed by atoms with Gasteiger partial charge in [0.05, 0.1) is 12.1 Å². The Bertz CT molecular complexity index is 963. The Balaban J connectivity index is 1.19. The van der Waals surface area contributed by atoms with Gasteiger partial charge in [0.15, 0.2) is 0 Å². The number of nitrogens with zero attached hydrogens (tertiary/aromatic N) is 5. The van der Waals surface area contributed by atoms with Gasteiger partial charge in [0.2, 0.25) is 0 Å². The van der Waals surface area contributed by atoms with Gasteiger partial charge in [-0.2, -0.15) is 13.2 Å². The molecule has 13 heteroatoms. The predicted molar refractivity (Wildman–Crippen MR) is 103 cm³/mol. The number of hydrogen-bond acceptors (Lipinski definition) is 7. The Labute approximate surface area is 180 Å². The number of rotatable bonds is 5. The van der Waals surface area contributed by atoms with Crippen molar-refractivity contribution in [3.63, 3.8) is 0 Å². The highest BCUT2D eigenvalue weighted by Gasteiger charge is 2.33. The van der Waals surface area contributed by atoms with Crippen LogP contribution >= 0.6 is 0 Å². The number of carbonyl (C=O) groups is 1. The maximum atomic E-state index is 12.6. The lowest BCUT2D eigenvalue weighted by molar-refractivity contribution is -0.389. The molecule has 0 bridgehead atoms. The smallest absolute Gasteiger partial charge is 0.416 e. The molecule has 1 fully saturated rings. The van der Waals surface area contributed by atoms with Crippen LogP contribution in [0, 0.1) is 10.1 Å². The highest BCUT2D eigenvalue weighted by atomic mass is 19.4. The van der Waals surface area contributed by atoms with E-state index in [1.807, 2.05) is 0 Å². The quantitative estimate of drug-likeness (QED) is 0.504. The molecule has 4 rings (SSSR count). The van der Waals surface area contributed by atoms with Crippen molar-refractivity contribution in [2.45, 2.75) is 25.4 Å². The number of hydrogen-bond donors (Lipinski definition) is 0. The van der Waals surface area contributed by atoms with Crippen LogP contribution in [0.15, 0.2) is 30.5 Å². The third kappa shape index (κ3) is 4.93. The molecular weight excluding hydrogens is 435 g/mol. The molecule has 1 aromatic carbocycles. The molecule has 0 unspecified atom stereocenters. The summed E-state index contributed by atoms with van der Waals surface area (Å²) < 4.78 is 50.3. The minimum Gasteiger partial charge on any atom is -0.445 e. The summed E-state index contributed by atoms with van der Waals surface area (Å²) in [6.45, 7) is 3.01. The zero-order valence-corrected chi connectivity index (χ0v) is 16.8. The summed E-state index contributed by atoms with van der Waals surface area (Å²) in [6, 6.07) is 4.71. The van der Waals surface area contributed by atoms with E-state index in [4.69, 9.17) is 9.47 Å². The van der Waals surface area contributed by atoms with Crippen molar-refractivity contribution in [3.05, 3.63) is 51.7 Å². The molecule has 2 aliphatic heterocycles. The van der Waals surface area contributed by atoms with Crippen LogP contribution in [0.4, 0.5) is 23.8 Å². The molecule has 0 spiro atoms. The van der Waals surface area contributed by atoms with E-state index in [1.54, 1.807) is 9.47 Å². The number of halogens is 3. The molecule has 0 aliphatic carbocycles. The minimum absolute atomic E-state index is 0.106. The zero-order chi connectivity index (χ0) is 22.9. The lowest BCUT2D eigenvalue weighted by Gasteiger charge is -2.34. The summed E-state index contributed by atoms with van der Waals surface area (Å²) in [4.78, 5) is 29.9. The van der Waals surface area contributed by atoms with Gasteiger partial charge in [-0.1, -0.05) is 12.1 Å². The van der Waals surface area contributed by atoms with E-state index in [9.17, 15) is 28.1 Å². The second kappa shape index (κ2) is 8.65. The zero-order valence-electron chi connectivity index (χ0n) is 16.8. The standard InChI is InChI=1S/C19H20F3N5O5/c20-19(21,22)14-3-1-13(2-4-14)12-31-18(28)25-7-5-24(6-8-25)9-15-10-26-11-16(27(29)30)23-17(26)32-15/h1-4,11,15H,5-10,12H2/t15-/m0/s1. The van der Waals surface area contributed by atoms with E-state index in [1.165, 1.54) is 18.3 Å². The average Bonchev–Trinajstić information content (AvgIpc) is 3.31. The molecule has 0 saturated carbocycles. The molecule has 3 heterocycles. The van der Waals surface area contributed by atoms with Gasteiger partial charge in [-0.05, 0) is 22.6 Å². The molecule has 32 heavy (non-hydrogen) atoms. The molecule has 0 N–H and O–H groups in total. The molecule has 1 saturated heterocycles. The van der Waals surface area contributed by atoms with Crippen LogP contribution in [-0.4, -0.2) is 69.2 Å². The van der Waals surface area contributed by atoms with Crippen molar-refractivity contribution in [3.8, 4) is 6.01 Å². The molecule has 2 aliphatic rings. The average molecular weight is 455 g/mol. The number of ether oxygens (including phenoxy) is 2. The van der Waals surface area contributed by atoms with Gasteiger partial charge >= 0.3 is 24.1 Å². The number of benzene rings is 1. The second-order valence-corrected chi connectivity index (χ2v) is 7.57. The van der Waals surface area contributed by atoms with Gasteiger partial charge in [0.1, 0.15) is 18.9 Å². The molecule has 172 valence electrons. The van der Waals surface area contributed by atoms with Crippen molar-refractivity contribution < 1.29 is 32.4 Å². The number of fused-ring (bicyclic) bond motifs is 1. The summed E-state index contributed by atoms with van der Waals surface area (Å²) in [5, 5.41) is 10.7. The lowest BCUT2D eigenvalue weighted by atomic mass is 10.1. The van der Waals surface area contributed by atoms with Crippen LogP contribution in [0.25, 0.3) is 0 Å². The highest BCUT2D eigenvalue weighted by molar-refractivity contribution is 5.67. The Hall–Kier alpha value is -3.35. The number of carbonyl (C=O) groups excluding carboxylic acids is 1. The molecule has 0 radical (unpaired) electrons. The Morgan fingerprint density at radius 1 is 1.22 bits per heavy atom. The van der Waals surface area contributed by atoms with Crippen molar-refractivity contribution in [2.24, 2.45) is 0 Å². The largest absolute Gasteiger partial charge is 0.445 e. The number of piperazine rings is 1. The maximum Gasteiger partial charge on any atom is 0.416 e. The van der Waals surface area contributed by atoms with E-state index in [0.717, 1.165) is 12.1 Å². The molecule has 2 aromatic rings. The Morgan fingerprint density at radius 2 is 1.91 bits per heavy atom. The van der Waals surface area contributed by atoms with Crippen LogP contribution < -0.4 is 4.74 Å². The van der Waals surface area contributed by atoms with Crippen LogP contribution in [0.2, 0.25) is 0 Å². The van der Waals surface area contributed by atoms with Crippen LogP contribution in [0.1, 0.15) is 11.1 Å². The molecule has 1 aromatic heterocycles. The summed E-state index contributed by atoms with van der Waals surface area (Å²) in [6.07, 6.45) is -3.76. The molecule has 10 nitrogen and oxygen atoms in total. The normalized spacial score (nSPS) is 18.8. The topological polar surface area (TPSA) is 103 Å². The number of aromatic nitrogens is 2. The Kier molecular flexibility index (Phi) is 5.91. The first-order chi connectivity index (χ1) is 15.2. The van der Waals surface area contributed by atoms with E-state index in [2.05, 4.69) is 9.88 Å². The summed E-state index contributed by atoms with van der Waals surface area (Å²) in [5.41, 5.74) is -0.280. The third-order valence-electron chi connectivity index (χ3n) is 5.32. The SMILES string of the molecule is O=C(OCc1ccc(C(F)(F)F)cc1)N1CCN(C[C@H]2Cn3cc([N+](=O)[O-])nc3O2)CC1. The summed E-state index contributed by atoms with van der Waals surface area (Å²) in [5.74, 6) is -0.248. The monoisotopic (exact) mass is 455 g/mol. The Morgan fingerprint density at radius 3 is 2.50 bits per heavy atom. The fourth-order valence-electron chi connectivity index (χ4n) is 3.63. The lowest BCUT2D eigenvalue weighted by Crippen LogP contribution is -2.51. The maximum absolute atomic E-state index is 12.6. The van der Waals surface area contributed by atoms with Gasteiger partial charge in [-0.25, -0.2) is 4.79 Å². The van der Waals surface area contributed by atoms with E-state index in [-0.39, 0.29) is 24.5 Å². The van der Waals surface area contributed by atoms with Gasteiger partial charge in [-0.15, -0.1) is 0 Å². The fourth-order valence-corrected chi connectivity index (χ4v) is 3.63. The number of alkyl halides is 3. The highest BCUT2D eigenvalue weighted by Crippen LogP contribution is 2.29. The van der Waals surface area contributed by atoms with Gasteiger partial charge in [0.25, 0.3) is 0 Å². The third-order valence-corrected chi connectivity index (χ3v) is 5.32. The summed E-state index contributed by atoms with van der Waals surface area (Å²) >= 11 is 0. The first-order valence-corrected chi connectivity index (χ1v) is 9.87. The van der Waals surface area contributed by atoms with Crippen LogP contribution in [0.5, 0.6) is 6.01 Å². The van der Waals surface area contributed by atoms with E-state index in [0.29, 0.717) is 44.8 Å². The van der Waals surface area contributed by atoms with E-state index >= 15 is 0 Å². The van der Waals surface area contributed by atoms with Gasteiger partial charge < -0.3 is 24.5 Å². The number of imidazole rings is 1. The first kappa shape index (κ1) is 21.9.